The second kappa shape index (κ2) is 12.3. The van der Waals surface area contributed by atoms with E-state index >= 15 is 0 Å². The van der Waals surface area contributed by atoms with E-state index in [0.717, 1.165) is 78.0 Å². The van der Waals surface area contributed by atoms with Crippen LogP contribution in [0.4, 0.5) is 5.69 Å². The Labute approximate surface area is 263 Å². The Balaban J connectivity index is 1.22. The number of methoxy groups -OCH3 is 1. The van der Waals surface area contributed by atoms with Crippen molar-refractivity contribution in [3.63, 3.8) is 0 Å². The summed E-state index contributed by atoms with van der Waals surface area (Å²) in [6.07, 6.45) is 8.44. The number of hydrogen-bond acceptors (Lipinski definition) is 8. The van der Waals surface area contributed by atoms with Gasteiger partial charge in [0.2, 0.25) is 0 Å². The second-order valence-electron chi connectivity index (χ2n) is 12.5. The van der Waals surface area contributed by atoms with Crippen molar-refractivity contribution >= 4 is 27.8 Å². The maximum Gasteiger partial charge on any atom is 0.253 e. The van der Waals surface area contributed by atoms with Crippen molar-refractivity contribution in [3.8, 4) is 5.75 Å². The van der Waals surface area contributed by atoms with E-state index in [1.807, 2.05) is 39.7 Å². The van der Waals surface area contributed by atoms with Gasteiger partial charge in [-0.05, 0) is 75.4 Å². The highest BCUT2D eigenvalue weighted by atomic mass is 16.5. The average molecular weight is 608 g/mol. The molecular formula is C35H41N7O3. The number of hydrogen-bond donors (Lipinski definition) is 0. The number of nitrogens with zero attached hydrogens (tertiary/aromatic N) is 7. The van der Waals surface area contributed by atoms with Crippen molar-refractivity contribution in [1.82, 2.24) is 29.2 Å². The summed E-state index contributed by atoms with van der Waals surface area (Å²) >= 11 is 0. The van der Waals surface area contributed by atoms with Crippen molar-refractivity contribution in [2.45, 2.75) is 70.9 Å². The first-order valence-corrected chi connectivity index (χ1v) is 16.0. The summed E-state index contributed by atoms with van der Waals surface area (Å²) in [6.45, 7) is 9.59. The number of rotatable bonds is 7. The Bertz CT molecular complexity index is 1860. The highest BCUT2D eigenvalue weighted by Crippen LogP contribution is 2.34. The van der Waals surface area contributed by atoms with Gasteiger partial charge in [0.15, 0.2) is 0 Å². The van der Waals surface area contributed by atoms with E-state index in [4.69, 9.17) is 14.6 Å². The van der Waals surface area contributed by atoms with Gasteiger partial charge in [-0.15, -0.1) is 0 Å². The van der Waals surface area contributed by atoms with E-state index in [-0.39, 0.29) is 29.9 Å². The third-order valence-corrected chi connectivity index (χ3v) is 9.54. The smallest absolute Gasteiger partial charge is 0.253 e. The zero-order valence-electron chi connectivity index (χ0n) is 26.5. The zero-order chi connectivity index (χ0) is 31.1. The van der Waals surface area contributed by atoms with E-state index in [9.17, 15) is 4.79 Å². The molecule has 0 bridgehead atoms. The Morgan fingerprint density at radius 2 is 1.78 bits per heavy atom. The lowest BCUT2D eigenvalue weighted by Gasteiger charge is -2.47. The quantitative estimate of drug-likeness (QED) is 0.238. The fourth-order valence-corrected chi connectivity index (χ4v) is 6.98. The van der Waals surface area contributed by atoms with Gasteiger partial charge < -0.3 is 18.9 Å². The summed E-state index contributed by atoms with van der Waals surface area (Å²) in [5, 5.41) is 5.12. The minimum atomic E-state index is -0.121. The minimum Gasteiger partial charge on any atom is -0.497 e. The predicted molar refractivity (Wildman–Crippen MR) is 176 cm³/mol. The lowest BCUT2D eigenvalue weighted by atomic mass is 9.99. The molecule has 234 valence electrons. The number of piperazine rings is 1. The van der Waals surface area contributed by atoms with Gasteiger partial charge in [0, 0.05) is 56.3 Å². The summed E-state index contributed by atoms with van der Waals surface area (Å²) in [5.41, 5.74) is 6.60. The van der Waals surface area contributed by atoms with Crippen LogP contribution in [-0.2, 0) is 11.3 Å². The molecule has 0 saturated carbocycles. The van der Waals surface area contributed by atoms with Crippen LogP contribution in [0.5, 0.6) is 5.75 Å². The lowest BCUT2D eigenvalue weighted by Crippen LogP contribution is -2.57. The van der Waals surface area contributed by atoms with E-state index in [0.29, 0.717) is 6.54 Å². The summed E-state index contributed by atoms with van der Waals surface area (Å²) in [4.78, 5) is 27.8. The SMILES string of the molecule is COc1ccc(Cn2c(=O)cc(N3C[C@@H](C)N([C@@H](C)c4ccc5nccnc5c4)C[C@@H]3C)c3nn(C4CCCCO4)cc32)cc1. The van der Waals surface area contributed by atoms with Gasteiger partial charge >= 0.3 is 0 Å². The molecule has 0 aliphatic carbocycles. The fraction of sp³-hybridized carbons (Fsp3) is 0.429. The number of fused-ring (bicyclic) bond motifs is 2. The molecule has 2 aromatic carbocycles. The van der Waals surface area contributed by atoms with Crippen molar-refractivity contribution in [2.24, 2.45) is 0 Å². The van der Waals surface area contributed by atoms with Gasteiger partial charge in [-0.3, -0.25) is 19.7 Å². The molecule has 5 aromatic rings. The monoisotopic (exact) mass is 607 g/mol. The molecule has 2 aliphatic rings. The number of ether oxygens (including phenoxy) is 2. The first kappa shape index (κ1) is 29.4. The molecule has 2 fully saturated rings. The molecule has 7 rings (SSSR count). The van der Waals surface area contributed by atoms with Gasteiger partial charge in [-0.25, -0.2) is 4.68 Å². The van der Waals surface area contributed by atoms with E-state index in [1.54, 1.807) is 25.6 Å². The molecule has 4 atom stereocenters. The van der Waals surface area contributed by atoms with E-state index in [2.05, 4.69) is 58.7 Å². The summed E-state index contributed by atoms with van der Waals surface area (Å²) in [6, 6.07) is 16.7. The molecule has 0 N–H and O–H groups in total. The molecule has 45 heavy (non-hydrogen) atoms. The van der Waals surface area contributed by atoms with Crippen molar-refractivity contribution in [1.29, 1.82) is 0 Å². The maximum absolute atomic E-state index is 13.9. The van der Waals surface area contributed by atoms with Gasteiger partial charge in [-0.1, -0.05) is 18.2 Å². The van der Waals surface area contributed by atoms with Crippen LogP contribution in [0.25, 0.3) is 22.1 Å². The Kier molecular flexibility index (Phi) is 8.01. The first-order chi connectivity index (χ1) is 21.9. The number of anilines is 1. The van der Waals surface area contributed by atoms with Crippen LogP contribution in [0.3, 0.4) is 0 Å². The van der Waals surface area contributed by atoms with Crippen molar-refractivity contribution in [3.05, 3.63) is 88.6 Å². The summed E-state index contributed by atoms with van der Waals surface area (Å²) in [5.74, 6) is 0.791. The molecular weight excluding hydrogens is 566 g/mol. The van der Waals surface area contributed by atoms with Crippen LogP contribution in [-0.4, -0.2) is 68.1 Å². The fourth-order valence-electron chi connectivity index (χ4n) is 6.98. The first-order valence-electron chi connectivity index (χ1n) is 16.0. The Morgan fingerprint density at radius 1 is 0.978 bits per heavy atom. The van der Waals surface area contributed by atoms with Crippen LogP contribution in [0.2, 0.25) is 0 Å². The number of pyridine rings is 1. The highest BCUT2D eigenvalue weighted by Gasteiger charge is 2.34. The topological polar surface area (TPSA) is 90.5 Å². The largest absolute Gasteiger partial charge is 0.497 e. The van der Waals surface area contributed by atoms with Crippen LogP contribution in [0.15, 0.2) is 71.9 Å². The molecule has 2 saturated heterocycles. The summed E-state index contributed by atoms with van der Waals surface area (Å²) < 4.78 is 15.2. The van der Waals surface area contributed by atoms with E-state index in [1.165, 1.54) is 5.56 Å². The van der Waals surface area contributed by atoms with E-state index < -0.39 is 0 Å². The summed E-state index contributed by atoms with van der Waals surface area (Å²) in [7, 11) is 1.66. The molecule has 10 nitrogen and oxygen atoms in total. The highest BCUT2D eigenvalue weighted by molar-refractivity contribution is 5.88. The second-order valence-corrected chi connectivity index (χ2v) is 12.5. The van der Waals surface area contributed by atoms with Gasteiger partial charge in [0.25, 0.3) is 5.56 Å². The Morgan fingerprint density at radius 3 is 2.53 bits per heavy atom. The zero-order valence-corrected chi connectivity index (χ0v) is 26.5. The molecule has 0 radical (unpaired) electrons. The van der Waals surface area contributed by atoms with Crippen molar-refractivity contribution < 1.29 is 9.47 Å². The third-order valence-electron chi connectivity index (χ3n) is 9.54. The van der Waals surface area contributed by atoms with Gasteiger partial charge in [0.1, 0.15) is 17.5 Å². The molecule has 5 heterocycles. The molecule has 3 aromatic heterocycles. The molecule has 10 heteroatoms. The molecule has 0 amide bonds. The van der Waals surface area contributed by atoms with Crippen LogP contribution >= 0.6 is 0 Å². The molecule has 2 aliphatic heterocycles. The van der Waals surface area contributed by atoms with Crippen molar-refractivity contribution in [2.75, 3.05) is 31.7 Å². The minimum absolute atomic E-state index is 0.0367. The predicted octanol–water partition coefficient (Wildman–Crippen LogP) is 5.56. The Hall–Kier alpha value is -4.28. The molecule has 1 unspecified atom stereocenters. The average Bonchev–Trinajstić information content (AvgIpc) is 3.53. The van der Waals surface area contributed by atoms with Crippen LogP contribution in [0, 0.1) is 0 Å². The van der Waals surface area contributed by atoms with Gasteiger partial charge in [0.05, 0.1) is 42.1 Å². The van der Waals surface area contributed by atoms with Crippen LogP contribution in [0.1, 0.15) is 63.4 Å². The number of benzene rings is 2. The lowest BCUT2D eigenvalue weighted by molar-refractivity contribution is -0.0390. The van der Waals surface area contributed by atoms with Gasteiger partial charge in [-0.2, -0.15) is 5.10 Å². The maximum atomic E-state index is 13.9. The molecule has 0 spiro atoms. The standard InChI is InChI=1S/C35H41N7O3/c1-23-20-40(24(2)19-39(23)25(3)27-10-13-29-30(17-27)37-15-14-36-29)31-18-33(43)41(21-26-8-11-28(44-4)12-9-26)32-22-42(38-35(31)32)34-7-5-6-16-45-34/h8-15,17-18,22-25,34H,5-7,16,19-21H2,1-4H3/t23-,24+,25+,34?/m1/s1. The van der Waals surface area contributed by atoms with Crippen LogP contribution < -0.4 is 15.2 Å². The normalized spacial score (nSPS) is 21.8. The third kappa shape index (κ3) is 5.68. The number of aromatic nitrogens is 5.